The molecule has 2 aromatic rings. The zero-order valence-corrected chi connectivity index (χ0v) is 17.8. The van der Waals surface area contributed by atoms with Crippen LogP contribution in [0.2, 0.25) is 5.15 Å². The summed E-state index contributed by atoms with van der Waals surface area (Å²) in [5, 5.41) is 4.46. The molecule has 7 heteroatoms. The van der Waals surface area contributed by atoms with E-state index in [9.17, 15) is 4.39 Å². The van der Waals surface area contributed by atoms with Crippen molar-refractivity contribution in [2.75, 3.05) is 33.9 Å². The standard InChI is InChI=1S/C22H28ClFN4O/c1-27(2)14-17-3-5-18(6-4-17)16-29-21-11-22(23)25-13-20(21)8-7-19-12-26-28(15-19)10-9-24/h11-13,15,17-18H,3-6,9-10,14,16H2,1-2H3/t17-,18-. The second-order valence-electron chi connectivity index (χ2n) is 7.89. The van der Waals surface area contributed by atoms with Crippen molar-refractivity contribution in [2.24, 2.45) is 11.8 Å². The molecule has 0 atom stereocenters. The Kier molecular flexibility index (Phi) is 7.91. The average Bonchev–Trinajstić information content (AvgIpc) is 3.14. The Morgan fingerprint density at radius 1 is 1.21 bits per heavy atom. The van der Waals surface area contributed by atoms with Gasteiger partial charge in [0.15, 0.2) is 0 Å². The topological polar surface area (TPSA) is 43.2 Å². The highest BCUT2D eigenvalue weighted by Crippen LogP contribution is 2.30. The summed E-state index contributed by atoms with van der Waals surface area (Å²) in [5.74, 6) is 8.12. The Morgan fingerprint density at radius 3 is 2.69 bits per heavy atom. The Hall–Kier alpha value is -2.10. The lowest BCUT2D eigenvalue weighted by atomic mass is 9.82. The van der Waals surface area contributed by atoms with Crippen LogP contribution in [0.5, 0.6) is 5.75 Å². The first kappa shape index (κ1) is 21.6. The predicted molar refractivity (Wildman–Crippen MR) is 113 cm³/mol. The van der Waals surface area contributed by atoms with Gasteiger partial charge in [0.25, 0.3) is 0 Å². The van der Waals surface area contributed by atoms with Crippen molar-refractivity contribution in [2.45, 2.75) is 32.2 Å². The fourth-order valence-corrected chi connectivity index (χ4v) is 3.86. The largest absolute Gasteiger partial charge is 0.492 e. The van der Waals surface area contributed by atoms with Gasteiger partial charge in [-0.05, 0) is 51.6 Å². The first-order valence-corrected chi connectivity index (χ1v) is 10.4. The van der Waals surface area contributed by atoms with Crippen LogP contribution in [0.15, 0.2) is 24.7 Å². The van der Waals surface area contributed by atoms with Crippen LogP contribution in [0, 0.1) is 23.7 Å². The average molecular weight is 419 g/mol. The summed E-state index contributed by atoms with van der Waals surface area (Å²) in [5.41, 5.74) is 1.41. The minimum absolute atomic E-state index is 0.231. The molecule has 0 radical (unpaired) electrons. The Labute approximate surface area is 177 Å². The zero-order chi connectivity index (χ0) is 20.6. The third-order valence-corrected chi connectivity index (χ3v) is 5.39. The molecule has 1 aliphatic rings. The maximum absolute atomic E-state index is 12.4. The molecule has 156 valence electrons. The SMILES string of the molecule is CN(C)C[C@H]1CC[C@H](COc2cc(Cl)ncc2C#Cc2cnn(CCF)c2)CC1. The first-order valence-electron chi connectivity index (χ1n) is 10.1. The molecular weight excluding hydrogens is 391 g/mol. The molecule has 3 rings (SSSR count). The van der Waals surface area contributed by atoms with E-state index >= 15 is 0 Å². The van der Waals surface area contributed by atoms with Crippen molar-refractivity contribution in [1.82, 2.24) is 19.7 Å². The van der Waals surface area contributed by atoms with E-state index in [4.69, 9.17) is 16.3 Å². The van der Waals surface area contributed by atoms with Gasteiger partial charge in [-0.15, -0.1) is 0 Å². The van der Waals surface area contributed by atoms with Gasteiger partial charge < -0.3 is 9.64 Å². The second-order valence-corrected chi connectivity index (χ2v) is 8.28. The summed E-state index contributed by atoms with van der Waals surface area (Å²) in [4.78, 5) is 6.40. The lowest BCUT2D eigenvalue weighted by molar-refractivity contribution is 0.166. The van der Waals surface area contributed by atoms with Crippen LogP contribution in [0.1, 0.15) is 36.8 Å². The molecule has 0 N–H and O–H groups in total. The number of rotatable bonds is 7. The van der Waals surface area contributed by atoms with E-state index in [1.54, 1.807) is 24.7 Å². The molecular formula is C22H28ClFN4O. The van der Waals surface area contributed by atoms with Crippen molar-refractivity contribution >= 4 is 11.6 Å². The third kappa shape index (κ3) is 6.73. The Morgan fingerprint density at radius 2 is 1.97 bits per heavy atom. The molecule has 29 heavy (non-hydrogen) atoms. The predicted octanol–water partition coefficient (Wildman–Crippen LogP) is 4.05. The highest BCUT2D eigenvalue weighted by molar-refractivity contribution is 6.29. The minimum atomic E-state index is -0.454. The number of pyridine rings is 1. The maximum Gasteiger partial charge on any atom is 0.139 e. The highest BCUT2D eigenvalue weighted by Gasteiger charge is 2.22. The monoisotopic (exact) mass is 418 g/mol. The van der Waals surface area contributed by atoms with Crippen LogP contribution in [0.4, 0.5) is 4.39 Å². The fraction of sp³-hybridized carbons (Fsp3) is 0.545. The molecule has 0 spiro atoms. The van der Waals surface area contributed by atoms with E-state index in [2.05, 4.69) is 40.9 Å². The van der Waals surface area contributed by atoms with E-state index in [1.807, 2.05) is 0 Å². The number of hydrogen-bond acceptors (Lipinski definition) is 4. The van der Waals surface area contributed by atoms with E-state index < -0.39 is 6.67 Å². The maximum atomic E-state index is 12.4. The van der Waals surface area contributed by atoms with E-state index in [0.29, 0.717) is 29.0 Å². The fourth-order valence-electron chi connectivity index (χ4n) is 3.71. The number of nitrogens with zero attached hydrogens (tertiary/aromatic N) is 4. The van der Waals surface area contributed by atoms with Gasteiger partial charge in [-0.3, -0.25) is 4.68 Å². The molecule has 0 aliphatic heterocycles. The molecule has 0 saturated heterocycles. The van der Waals surface area contributed by atoms with E-state index in [0.717, 1.165) is 18.0 Å². The molecule has 2 heterocycles. The van der Waals surface area contributed by atoms with Crippen LogP contribution in [0.3, 0.4) is 0 Å². The van der Waals surface area contributed by atoms with Gasteiger partial charge in [0.1, 0.15) is 17.6 Å². The van der Waals surface area contributed by atoms with Crippen LogP contribution < -0.4 is 4.74 Å². The van der Waals surface area contributed by atoms with E-state index in [1.165, 1.54) is 30.4 Å². The van der Waals surface area contributed by atoms with Crippen LogP contribution >= 0.6 is 11.6 Å². The minimum Gasteiger partial charge on any atom is -0.492 e. The normalized spacial score (nSPS) is 19.1. The summed E-state index contributed by atoms with van der Waals surface area (Å²) in [6, 6.07) is 1.72. The van der Waals surface area contributed by atoms with Crippen LogP contribution in [-0.4, -0.2) is 53.6 Å². The van der Waals surface area contributed by atoms with Crippen molar-refractivity contribution in [3.8, 4) is 17.6 Å². The van der Waals surface area contributed by atoms with Gasteiger partial charge in [0.05, 0.1) is 30.5 Å². The lowest BCUT2D eigenvalue weighted by Gasteiger charge is -2.30. The van der Waals surface area contributed by atoms with Gasteiger partial charge in [-0.2, -0.15) is 5.10 Å². The van der Waals surface area contributed by atoms with Gasteiger partial charge in [-0.25, -0.2) is 9.37 Å². The number of alkyl halides is 1. The van der Waals surface area contributed by atoms with Crippen molar-refractivity contribution in [3.63, 3.8) is 0 Å². The zero-order valence-electron chi connectivity index (χ0n) is 17.1. The third-order valence-electron chi connectivity index (χ3n) is 5.19. The van der Waals surface area contributed by atoms with Crippen molar-refractivity contribution in [3.05, 3.63) is 40.9 Å². The first-order chi connectivity index (χ1) is 14.0. The quantitative estimate of drug-likeness (QED) is 0.502. The highest BCUT2D eigenvalue weighted by atomic mass is 35.5. The Balaban J connectivity index is 1.60. The molecule has 0 unspecified atom stereocenters. The van der Waals surface area contributed by atoms with Gasteiger partial charge in [-0.1, -0.05) is 23.4 Å². The van der Waals surface area contributed by atoms with Crippen LogP contribution in [-0.2, 0) is 6.54 Å². The number of ether oxygens (including phenoxy) is 1. The van der Waals surface area contributed by atoms with E-state index in [-0.39, 0.29) is 6.54 Å². The Bertz CT molecular complexity index is 850. The van der Waals surface area contributed by atoms with Gasteiger partial charge >= 0.3 is 0 Å². The molecule has 0 amide bonds. The summed E-state index contributed by atoms with van der Waals surface area (Å²) in [7, 11) is 4.27. The molecule has 1 fully saturated rings. The summed E-state index contributed by atoms with van der Waals surface area (Å²) in [6.45, 7) is 1.60. The summed E-state index contributed by atoms with van der Waals surface area (Å²) < 4.78 is 20.0. The summed E-state index contributed by atoms with van der Waals surface area (Å²) >= 11 is 6.07. The lowest BCUT2D eigenvalue weighted by Crippen LogP contribution is -2.27. The number of aryl methyl sites for hydroxylation is 1. The van der Waals surface area contributed by atoms with Crippen LogP contribution in [0.25, 0.3) is 0 Å². The molecule has 2 aromatic heterocycles. The molecule has 0 aromatic carbocycles. The molecule has 1 aliphatic carbocycles. The molecule has 1 saturated carbocycles. The van der Waals surface area contributed by atoms with Crippen molar-refractivity contribution in [1.29, 1.82) is 0 Å². The second kappa shape index (κ2) is 10.6. The number of hydrogen-bond donors (Lipinski definition) is 0. The van der Waals surface area contributed by atoms with Gasteiger partial charge in [0.2, 0.25) is 0 Å². The molecule has 0 bridgehead atoms. The molecule has 5 nitrogen and oxygen atoms in total. The number of aromatic nitrogens is 3. The summed E-state index contributed by atoms with van der Waals surface area (Å²) in [6.07, 6.45) is 9.85. The van der Waals surface area contributed by atoms with Gasteiger partial charge in [0, 0.05) is 25.0 Å². The smallest absolute Gasteiger partial charge is 0.139 e. The number of halogens is 2. The van der Waals surface area contributed by atoms with Crippen molar-refractivity contribution < 1.29 is 9.13 Å².